The SMILES string of the molecule is C=C(C)c1ccc(Cn2ccc3cc(N4CCC5(CC4)CNC5)cnc32)cc1. The average molecular weight is 373 g/mol. The fourth-order valence-electron chi connectivity index (χ4n) is 4.53. The van der Waals surface area contributed by atoms with Gasteiger partial charge in [-0.3, -0.25) is 0 Å². The van der Waals surface area contributed by atoms with E-state index >= 15 is 0 Å². The maximum Gasteiger partial charge on any atom is 0.140 e. The Morgan fingerprint density at radius 2 is 1.89 bits per heavy atom. The lowest BCUT2D eigenvalue weighted by molar-refractivity contribution is 0.126. The molecule has 0 unspecified atom stereocenters. The molecular formula is C24H28N4. The number of hydrogen-bond donors (Lipinski definition) is 1. The van der Waals surface area contributed by atoms with E-state index < -0.39 is 0 Å². The summed E-state index contributed by atoms with van der Waals surface area (Å²) in [6.45, 7) is 11.6. The number of rotatable bonds is 4. The Bertz CT molecular complexity index is 1000. The molecule has 0 atom stereocenters. The molecule has 0 radical (unpaired) electrons. The molecule has 2 aliphatic rings. The average Bonchev–Trinajstić information content (AvgIpc) is 3.09. The maximum absolute atomic E-state index is 4.82. The van der Waals surface area contributed by atoms with Gasteiger partial charge >= 0.3 is 0 Å². The molecule has 0 bridgehead atoms. The summed E-state index contributed by atoms with van der Waals surface area (Å²) in [6.07, 6.45) is 6.79. The summed E-state index contributed by atoms with van der Waals surface area (Å²) in [4.78, 5) is 7.33. The third-order valence-electron chi connectivity index (χ3n) is 6.58. The van der Waals surface area contributed by atoms with Gasteiger partial charge in [0.15, 0.2) is 0 Å². The largest absolute Gasteiger partial charge is 0.370 e. The highest BCUT2D eigenvalue weighted by molar-refractivity contribution is 5.80. The summed E-state index contributed by atoms with van der Waals surface area (Å²) >= 11 is 0. The summed E-state index contributed by atoms with van der Waals surface area (Å²) in [5.41, 5.74) is 6.48. The van der Waals surface area contributed by atoms with Gasteiger partial charge in [0.2, 0.25) is 0 Å². The smallest absolute Gasteiger partial charge is 0.140 e. The molecule has 0 aliphatic carbocycles. The minimum atomic E-state index is 0.580. The molecule has 1 spiro atoms. The Labute approximate surface area is 166 Å². The summed E-state index contributed by atoms with van der Waals surface area (Å²) in [5.74, 6) is 0. The first-order valence-corrected chi connectivity index (χ1v) is 10.3. The molecule has 1 aromatic carbocycles. The lowest BCUT2D eigenvalue weighted by Gasteiger charge is -2.48. The first kappa shape index (κ1) is 17.5. The predicted molar refractivity (Wildman–Crippen MR) is 117 cm³/mol. The lowest BCUT2D eigenvalue weighted by Crippen LogP contribution is -2.58. The molecule has 28 heavy (non-hydrogen) atoms. The van der Waals surface area contributed by atoms with Gasteiger partial charge in [-0.2, -0.15) is 0 Å². The number of benzene rings is 1. The Balaban J connectivity index is 1.33. The van der Waals surface area contributed by atoms with Crippen molar-refractivity contribution in [3.05, 3.63) is 66.5 Å². The Hall–Kier alpha value is -2.59. The van der Waals surface area contributed by atoms with Gasteiger partial charge in [-0.05, 0) is 48.4 Å². The topological polar surface area (TPSA) is 33.1 Å². The van der Waals surface area contributed by atoms with E-state index in [1.807, 2.05) is 6.92 Å². The number of nitrogens with zero attached hydrogens (tertiary/aromatic N) is 3. The van der Waals surface area contributed by atoms with Crippen molar-refractivity contribution in [3.63, 3.8) is 0 Å². The molecule has 2 saturated heterocycles. The van der Waals surface area contributed by atoms with Crippen molar-refractivity contribution in [1.82, 2.24) is 14.9 Å². The number of anilines is 1. The second-order valence-corrected chi connectivity index (χ2v) is 8.62. The zero-order valence-corrected chi connectivity index (χ0v) is 16.6. The molecule has 0 amide bonds. The van der Waals surface area contributed by atoms with Crippen LogP contribution in [0.2, 0.25) is 0 Å². The van der Waals surface area contributed by atoms with Gasteiger partial charge in [0.25, 0.3) is 0 Å². The lowest BCUT2D eigenvalue weighted by atomic mass is 9.73. The third-order valence-corrected chi connectivity index (χ3v) is 6.58. The van der Waals surface area contributed by atoms with Gasteiger partial charge in [-0.15, -0.1) is 0 Å². The second kappa shape index (κ2) is 6.78. The molecular weight excluding hydrogens is 344 g/mol. The van der Waals surface area contributed by atoms with E-state index in [-0.39, 0.29) is 0 Å². The van der Waals surface area contributed by atoms with Crippen molar-refractivity contribution in [2.24, 2.45) is 5.41 Å². The summed E-state index contributed by atoms with van der Waals surface area (Å²) in [7, 11) is 0. The van der Waals surface area contributed by atoms with Crippen LogP contribution in [-0.2, 0) is 6.54 Å². The van der Waals surface area contributed by atoms with Crippen LogP contribution >= 0.6 is 0 Å². The van der Waals surface area contributed by atoms with E-state index in [1.54, 1.807) is 0 Å². The van der Waals surface area contributed by atoms with Gasteiger partial charge in [0.1, 0.15) is 5.65 Å². The van der Waals surface area contributed by atoms with Crippen molar-refractivity contribution in [3.8, 4) is 0 Å². The minimum Gasteiger partial charge on any atom is -0.370 e. The Morgan fingerprint density at radius 1 is 1.14 bits per heavy atom. The Morgan fingerprint density at radius 3 is 2.54 bits per heavy atom. The fraction of sp³-hybridized carbons (Fsp3) is 0.375. The van der Waals surface area contributed by atoms with Crippen molar-refractivity contribution < 1.29 is 0 Å². The molecule has 4 heteroatoms. The number of fused-ring (bicyclic) bond motifs is 1. The van der Waals surface area contributed by atoms with Crippen LogP contribution in [0.5, 0.6) is 0 Å². The molecule has 144 valence electrons. The number of nitrogens with one attached hydrogen (secondary N) is 1. The van der Waals surface area contributed by atoms with Gasteiger partial charge in [0.05, 0.1) is 11.9 Å². The second-order valence-electron chi connectivity index (χ2n) is 8.62. The van der Waals surface area contributed by atoms with Crippen LogP contribution in [0.15, 0.2) is 55.4 Å². The van der Waals surface area contributed by atoms with Gasteiger partial charge in [-0.1, -0.05) is 36.4 Å². The molecule has 0 saturated carbocycles. The molecule has 2 fully saturated rings. The van der Waals surface area contributed by atoms with E-state index in [2.05, 4.69) is 70.2 Å². The molecule has 1 N–H and O–H groups in total. The first-order chi connectivity index (χ1) is 13.6. The highest BCUT2D eigenvalue weighted by atomic mass is 15.2. The van der Waals surface area contributed by atoms with Crippen LogP contribution in [-0.4, -0.2) is 35.7 Å². The molecule has 3 aromatic rings. The van der Waals surface area contributed by atoms with Crippen molar-refractivity contribution >= 4 is 22.3 Å². The van der Waals surface area contributed by atoms with E-state index in [1.165, 1.54) is 48.1 Å². The highest BCUT2D eigenvalue weighted by Gasteiger charge is 2.39. The zero-order chi connectivity index (χ0) is 19.1. The van der Waals surface area contributed by atoms with Crippen molar-refractivity contribution in [2.45, 2.75) is 26.3 Å². The van der Waals surface area contributed by atoms with Crippen molar-refractivity contribution in [2.75, 3.05) is 31.1 Å². The monoisotopic (exact) mass is 372 g/mol. The van der Waals surface area contributed by atoms with Gasteiger partial charge in [-0.25, -0.2) is 4.98 Å². The van der Waals surface area contributed by atoms with Crippen LogP contribution in [0.3, 0.4) is 0 Å². The molecule has 4 heterocycles. The molecule has 2 aromatic heterocycles. The molecule has 5 rings (SSSR count). The number of piperidine rings is 1. The van der Waals surface area contributed by atoms with Crippen LogP contribution in [0.1, 0.15) is 30.9 Å². The van der Waals surface area contributed by atoms with Crippen LogP contribution in [0, 0.1) is 5.41 Å². The van der Waals surface area contributed by atoms with E-state index in [9.17, 15) is 0 Å². The van der Waals surface area contributed by atoms with E-state index in [0.29, 0.717) is 5.41 Å². The Kier molecular flexibility index (Phi) is 4.24. The predicted octanol–water partition coefficient (Wildman–Crippen LogP) is 4.31. The summed E-state index contributed by atoms with van der Waals surface area (Å²) in [6, 6.07) is 13.2. The minimum absolute atomic E-state index is 0.580. The van der Waals surface area contributed by atoms with Crippen LogP contribution < -0.4 is 10.2 Å². The van der Waals surface area contributed by atoms with Gasteiger partial charge < -0.3 is 14.8 Å². The quantitative estimate of drug-likeness (QED) is 0.741. The number of hydrogen-bond acceptors (Lipinski definition) is 3. The zero-order valence-electron chi connectivity index (χ0n) is 16.6. The van der Waals surface area contributed by atoms with E-state index in [0.717, 1.165) is 30.9 Å². The maximum atomic E-state index is 4.82. The number of aromatic nitrogens is 2. The van der Waals surface area contributed by atoms with E-state index in [4.69, 9.17) is 4.98 Å². The molecule has 4 nitrogen and oxygen atoms in total. The molecule has 2 aliphatic heterocycles. The van der Waals surface area contributed by atoms with Crippen LogP contribution in [0.25, 0.3) is 16.6 Å². The number of allylic oxidation sites excluding steroid dienone is 1. The summed E-state index contributed by atoms with van der Waals surface area (Å²) in [5, 5.41) is 4.67. The van der Waals surface area contributed by atoms with Crippen molar-refractivity contribution in [1.29, 1.82) is 0 Å². The highest BCUT2D eigenvalue weighted by Crippen LogP contribution is 2.36. The normalized spacial score (nSPS) is 18.4. The third kappa shape index (κ3) is 3.12. The number of pyridine rings is 1. The van der Waals surface area contributed by atoms with Gasteiger partial charge in [0, 0.05) is 44.3 Å². The van der Waals surface area contributed by atoms with Crippen LogP contribution in [0.4, 0.5) is 5.69 Å². The standard InChI is InChI=1S/C24H28N4/c1-18(2)20-5-3-19(4-6-20)15-28-10-7-21-13-22(14-26-23(21)28)27-11-8-24(9-12-27)16-25-17-24/h3-7,10,13-14,25H,1,8-9,11-12,15-17H2,2H3. The summed E-state index contributed by atoms with van der Waals surface area (Å²) < 4.78 is 2.24. The first-order valence-electron chi connectivity index (χ1n) is 10.3. The fourth-order valence-corrected chi connectivity index (χ4v) is 4.53.